The molecule has 0 heteroatoms. The third kappa shape index (κ3) is 3.30. The summed E-state index contributed by atoms with van der Waals surface area (Å²) in [6.45, 7) is 22.8. The number of hydrogen-bond donors (Lipinski definition) is 0. The zero-order chi connectivity index (χ0) is 19.4. The Kier molecular flexibility index (Phi) is 5.67. The van der Waals surface area contributed by atoms with Crippen molar-refractivity contribution in [3.63, 3.8) is 0 Å². The molecule has 3 aliphatic rings. The molecule has 0 spiro atoms. The van der Waals surface area contributed by atoms with Crippen LogP contribution in [0.25, 0.3) is 0 Å². The van der Waals surface area contributed by atoms with Crippen LogP contribution in [0.3, 0.4) is 0 Å². The van der Waals surface area contributed by atoms with Gasteiger partial charge in [0, 0.05) is 0 Å². The maximum Gasteiger partial charge on any atom is -0.0292 e. The molecule has 0 nitrogen and oxygen atoms in total. The van der Waals surface area contributed by atoms with Crippen LogP contribution in [0.1, 0.15) is 101 Å². The lowest BCUT2D eigenvalue weighted by atomic mass is 9.49. The molecule has 0 aliphatic heterocycles. The molecular weight excluding hydrogens is 312 g/mol. The molecule has 0 N–H and O–H groups in total. The van der Waals surface area contributed by atoms with Crippen LogP contribution in [-0.2, 0) is 0 Å². The van der Waals surface area contributed by atoms with Crippen LogP contribution in [0.4, 0.5) is 0 Å². The van der Waals surface area contributed by atoms with Crippen LogP contribution >= 0.6 is 0 Å². The molecule has 0 heterocycles. The molecule has 0 radical (unpaired) electrons. The Morgan fingerprint density at radius 1 is 0.885 bits per heavy atom. The van der Waals surface area contributed by atoms with Crippen molar-refractivity contribution in [3.05, 3.63) is 0 Å². The van der Waals surface area contributed by atoms with Crippen molar-refractivity contribution in [1.82, 2.24) is 0 Å². The van der Waals surface area contributed by atoms with Crippen molar-refractivity contribution >= 4 is 0 Å². The molecule has 26 heavy (non-hydrogen) atoms. The molecule has 10 unspecified atom stereocenters. The lowest BCUT2D eigenvalue weighted by Gasteiger charge is -2.56. The fourth-order valence-electron chi connectivity index (χ4n) is 8.23. The summed E-state index contributed by atoms with van der Waals surface area (Å²) in [7, 11) is 0. The highest BCUT2D eigenvalue weighted by Gasteiger charge is 2.54. The summed E-state index contributed by atoms with van der Waals surface area (Å²) in [5.74, 6) is 8.57. The van der Waals surface area contributed by atoms with Gasteiger partial charge in [0.1, 0.15) is 0 Å². The first-order chi connectivity index (χ1) is 12.0. The van der Waals surface area contributed by atoms with Crippen molar-refractivity contribution in [2.45, 2.75) is 101 Å². The fourth-order valence-corrected chi connectivity index (χ4v) is 8.23. The molecular formula is C26H48. The first-order valence-corrected chi connectivity index (χ1v) is 12.0. The standard InChI is InChI=1S/C26H48/c1-10-21-11-17(4)24(21)20(7)25(8)12-18(5)22(13-25)14-26(9)15-23(16(2)3)19(26)6/h16-24H,10-15H2,1-9H3. The van der Waals surface area contributed by atoms with E-state index in [9.17, 15) is 0 Å². The van der Waals surface area contributed by atoms with Gasteiger partial charge in [-0.2, -0.15) is 0 Å². The highest BCUT2D eigenvalue weighted by molar-refractivity contribution is 5.04. The molecule has 0 saturated heterocycles. The van der Waals surface area contributed by atoms with Gasteiger partial charge in [0.2, 0.25) is 0 Å². The van der Waals surface area contributed by atoms with Crippen LogP contribution < -0.4 is 0 Å². The summed E-state index contributed by atoms with van der Waals surface area (Å²) in [6.07, 6.45) is 8.87. The quantitative estimate of drug-likeness (QED) is 0.449. The van der Waals surface area contributed by atoms with Crippen LogP contribution in [0.2, 0.25) is 0 Å². The van der Waals surface area contributed by atoms with Gasteiger partial charge in [-0.15, -0.1) is 0 Å². The van der Waals surface area contributed by atoms with Gasteiger partial charge in [-0.05, 0) is 96.2 Å². The van der Waals surface area contributed by atoms with Gasteiger partial charge in [-0.1, -0.05) is 68.7 Å². The van der Waals surface area contributed by atoms with E-state index in [0.29, 0.717) is 10.8 Å². The Labute approximate surface area is 165 Å². The molecule has 10 atom stereocenters. The maximum atomic E-state index is 2.66. The zero-order valence-electron chi connectivity index (χ0n) is 19.4. The average Bonchev–Trinajstić information content (AvgIpc) is 2.84. The van der Waals surface area contributed by atoms with E-state index in [1.54, 1.807) is 0 Å². The van der Waals surface area contributed by atoms with E-state index in [0.717, 1.165) is 53.3 Å². The van der Waals surface area contributed by atoms with E-state index in [2.05, 4.69) is 62.3 Å². The van der Waals surface area contributed by atoms with Gasteiger partial charge in [0.15, 0.2) is 0 Å². The van der Waals surface area contributed by atoms with Crippen molar-refractivity contribution in [2.24, 2.45) is 64.1 Å². The van der Waals surface area contributed by atoms with Crippen LogP contribution in [0.15, 0.2) is 0 Å². The maximum absolute atomic E-state index is 2.66. The predicted octanol–water partition coefficient (Wildman–Crippen LogP) is 8.07. The Balaban J connectivity index is 1.64. The largest absolute Gasteiger partial charge is 0.0651 e. The lowest BCUT2D eigenvalue weighted by Crippen LogP contribution is -2.47. The van der Waals surface area contributed by atoms with Gasteiger partial charge in [-0.3, -0.25) is 0 Å². The Morgan fingerprint density at radius 2 is 1.54 bits per heavy atom. The van der Waals surface area contributed by atoms with E-state index >= 15 is 0 Å². The highest BCUT2D eigenvalue weighted by Crippen LogP contribution is 2.63. The van der Waals surface area contributed by atoms with Crippen LogP contribution in [0, 0.1) is 64.1 Å². The smallest absolute Gasteiger partial charge is 0.0292 e. The SMILES string of the molecule is CCC1CC(C)C1C(C)C1(C)CC(C)C(CC2(C)CC(C(C)C)C2C)C1. The first kappa shape index (κ1) is 20.7. The Hall–Kier alpha value is 0. The molecule has 3 saturated carbocycles. The minimum Gasteiger partial charge on any atom is -0.0651 e. The number of hydrogen-bond acceptors (Lipinski definition) is 0. The molecule has 0 amide bonds. The summed E-state index contributed by atoms with van der Waals surface area (Å²) in [4.78, 5) is 0. The molecule has 3 fully saturated rings. The summed E-state index contributed by atoms with van der Waals surface area (Å²) < 4.78 is 0. The highest BCUT2D eigenvalue weighted by atomic mass is 14.6. The van der Waals surface area contributed by atoms with Crippen molar-refractivity contribution in [3.8, 4) is 0 Å². The third-order valence-electron chi connectivity index (χ3n) is 10.4. The summed E-state index contributed by atoms with van der Waals surface area (Å²) in [5, 5.41) is 0. The van der Waals surface area contributed by atoms with Gasteiger partial charge in [-0.25, -0.2) is 0 Å². The summed E-state index contributed by atoms with van der Waals surface area (Å²) >= 11 is 0. The van der Waals surface area contributed by atoms with Crippen LogP contribution in [-0.4, -0.2) is 0 Å². The Bertz CT molecular complexity index is 492. The molecule has 3 aliphatic carbocycles. The topological polar surface area (TPSA) is 0 Å². The van der Waals surface area contributed by atoms with E-state index < -0.39 is 0 Å². The molecule has 3 rings (SSSR count). The van der Waals surface area contributed by atoms with Gasteiger partial charge in [0.25, 0.3) is 0 Å². The first-order valence-electron chi connectivity index (χ1n) is 12.0. The van der Waals surface area contributed by atoms with E-state index in [-0.39, 0.29) is 0 Å². The minimum absolute atomic E-state index is 0.595. The second kappa shape index (κ2) is 7.11. The summed E-state index contributed by atoms with van der Waals surface area (Å²) in [6, 6.07) is 0. The minimum atomic E-state index is 0.595. The lowest BCUT2D eigenvalue weighted by molar-refractivity contribution is -0.0629. The van der Waals surface area contributed by atoms with Gasteiger partial charge in [0.05, 0.1) is 0 Å². The second-order valence-corrected chi connectivity index (χ2v) is 12.3. The molecule has 152 valence electrons. The van der Waals surface area contributed by atoms with E-state index in [4.69, 9.17) is 0 Å². The molecule has 0 aromatic heterocycles. The fraction of sp³-hybridized carbons (Fsp3) is 1.00. The third-order valence-corrected chi connectivity index (χ3v) is 10.4. The average molecular weight is 361 g/mol. The monoisotopic (exact) mass is 360 g/mol. The van der Waals surface area contributed by atoms with Gasteiger partial charge < -0.3 is 0 Å². The van der Waals surface area contributed by atoms with E-state index in [1.165, 1.54) is 38.5 Å². The van der Waals surface area contributed by atoms with Crippen molar-refractivity contribution < 1.29 is 0 Å². The molecule has 0 aromatic rings. The molecule has 0 aromatic carbocycles. The van der Waals surface area contributed by atoms with Crippen LogP contribution in [0.5, 0.6) is 0 Å². The zero-order valence-corrected chi connectivity index (χ0v) is 19.4. The Morgan fingerprint density at radius 3 is 2.04 bits per heavy atom. The number of rotatable bonds is 6. The molecule has 0 bridgehead atoms. The van der Waals surface area contributed by atoms with Crippen molar-refractivity contribution in [2.75, 3.05) is 0 Å². The predicted molar refractivity (Wildman–Crippen MR) is 115 cm³/mol. The summed E-state index contributed by atoms with van der Waals surface area (Å²) in [5.41, 5.74) is 1.22. The van der Waals surface area contributed by atoms with Gasteiger partial charge >= 0.3 is 0 Å². The van der Waals surface area contributed by atoms with Crippen molar-refractivity contribution in [1.29, 1.82) is 0 Å². The normalized spacial score (nSPS) is 52.6. The van der Waals surface area contributed by atoms with E-state index in [1.807, 2.05) is 0 Å². The second-order valence-electron chi connectivity index (χ2n) is 12.3.